The number of rotatable bonds is 7. The summed E-state index contributed by atoms with van der Waals surface area (Å²) in [5.41, 5.74) is 5.90. The van der Waals surface area contributed by atoms with Gasteiger partial charge in [0.2, 0.25) is 11.8 Å². The molecule has 5 nitrogen and oxygen atoms in total. The van der Waals surface area contributed by atoms with E-state index in [1.165, 1.54) is 18.3 Å². The van der Waals surface area contributed by atoms with Crippen molar-refractivity contribution in [1.29, 1.82) is 0 Å². The molecule has 9 heteroatoms. The molecule has 1 heterocycles. The highest BCUT2D eigenvalue weighted by Crippen LogP contribution is 2.24. The lowest BCUT2D eigenvalue weighted by atomic mass is 10.0. The average molecular weight is 323 g/mol. The molecule has 0 saturated carbocycles. The van der Waals surface area contributed by atoms with Gasteiger partial charge in [-0.05, 0) is 13.0 Å². The summed E-state index contributed by atoms with van der Waals surface area (Å²) in [5.74, 6) is -5.25. The van der Waals surface area contributed by atoms with Crippen LogP contribution in [0.15, 0.2) is 18.3 Å². The maximum absolute atomic E-state index is 12.7. The van der Waals surface area contributed by atoms with Crippen molar-refractivity contribution in [3.63, 3.8) is 0 Å². The van der Waals surface area contributed by atoms with Gasteiger partial charge in [-0.1, -0.05) is 6.92 Å². The third-order valence-corrected chi connectivity index (χ3v) is 2.94. The lowest BCUT2D eigenvalue weighted by molar-refractivity contribution is -0.148. The van der Waals surface area contributed by atoms with Crippen molar-refractivity contribution in [2.24, 2.45) is 11.7 Å². The molecule has 2 atom stereocenters. The van der Waals surface area contributed by atoms with Gasteiger partial charge in [0, 0.05) is 12.1 Å². The second kappa shape index (κ2) is 7.39. The number of carbonyl (C=O) groups is 1. The summed E-state index contributed by atoms with van der Waals surface area (Å²) in [6.07, 6.45) is -2.65. The second-order valence-corrected chi connectivity index (χ2v) is 4.87. The highest BCUT2D eigenvalue weighted by molar-refractivity contribution is 5.92. The maximum atomic E-state index is 12.7. The van der Waals surface area contributed by atoms with E-state index in [9.17, 15) is 22.4 Å². The molecule has 124 valence electrons. The molecule has 1 rings (SSSR count). The van der Waals surface area contributed by atoms with E-state index in [0.29, 0.717) is 5.69 Å². The number of anilines is 1. The Morgan fingerprint density at radius 1 is 1.41 bits per heavy atom. The van der Waals surface area contributed by atoms with Crippen LogP contribution in [0.4, 0.5) is 23.2 Å². The van der Waals surface area contributed by atoms with Gasteiger partial charge in [-0.3, -0.25) is 4.79 Å². The van der Waals surface area contributed by atoms with Crippen molar-refractivity contribution >= 4 is 11.6 Å². The predicted molar refractivity (Wildman–Crippen MR) is 72.1 cm³/mol. The first kappa shape index (κ1) is 18.1. The van der Waals surface area contributed by atoms with Crippen molar-refractivity contribution in [3.05, 3.63) is 18.3 Å². The quantitative estimate of drug-likeness (QED) is 0.755. The molecule has 0 aliphatic carbocycles. The van der Waals surface area contributed by atoms with E-state index in [0.717, 1.165) is 0 Å². The van der Waals surface area contributed by atoms with Crippen LogP contribution in [-0.4, -0.2) is 35.9 Å². The number of nitrogens with zero attached hydrogens (tertiary/aromatic N) is 1. The fraction of sp³-hybridized carbons (Fsp3) is 0.538. The van der Waals surface area contributed by atoms with Gasteiger partial charge in [-0.2, -0.15) is 8.78 Å². The zero-order valence-electron chi connectivity index (χ0n) is 12.0. The van der Waals surface area contributed by atoms with Crippen LogP contribution in [0.3, 0.4) is 0 Å². The number of amides is 1. The van der Waals surface area contributed by atoms with Crippen LogP contribution in [0.25, 0.3) is 0 Å². The van der Waals surface area contributed by atoms with E-state index in [1.807, 2.05) is 0 Å². The Labute approximate surface area is 124 Å². The van der Waals surface area contributed by atoms with Crippen molar-refractivity contribution in [2.75, 3.05) is 11.9 Å². The number of hydrogen-bond donors (Lipinski definition) is 2. The van der Waals surface area contributed by atoms with Crippen molar-refractivity contribution < 1.29 is 27.1 Å². The number of hydrogen-bond acceptors (Lipinski definition) is 4. The molecular formula is C13H17F4N3O2. The van der Waals surface area contributed by atoms with Crippen LogP contribution in [0, 0.1) is 5.92 Å². The zero-order chi connectivity index (χ0) is 16.9. The maximum Gasteiger partial charge on any atom is 0.340 e. The first-order valence-corrected chi connectivity index (χ1v) is 6.44. The number of halogens is 4. The normalized spacial score (nSPS) is 14.5. The van der Waals surface area contributed by atoms with E-state index in [4.69, 9.17) is 5.73 Å². The molecule has 0 saturated heterocycles. The van der Waals surface area contributed by atoms with Gasteiger partial charge in [0.25, 0.3) is 0 Å². The molecule has 0 radical (unpaired) electrons. The number of carbonyl (C=O) groups excluding carboxylic acids is 1. The monoisotopic (exact) mass is 323 g/mol. The van der Waals surface area contributed by atoms with Gasteiger partial charge in [-0.25, -0.2) is 13.8 Å². The molecule has 1 aromatic rings. The standard InChI is InChI=1S/C13H17F4N3O2/c1-7(8(2)18)11(21)20-9-3-4-10(19-5-9)22-6-13(16,17)12(14)15/h3-5,7-8,12H,6,18H2,1-2H3,(H,20,21). The molecule has 0 bridgehead atoms. The highest BCUT2D eigenvalue weighted by atomic mass is 19.3. The number of nitrogens with two attached hydrogens (primary N) is 1. The lowest BCUT2D eigenvalue weighted by Crippen LogP contribution is -2.34. The second-order valence-electron chi connectivity index (χ2n) is 4.87. The number of ether oxygens (including phenoxy) is 1. The highest BCUT2D eigenvalue weighted by Gasteiger charge is 2.41. The number of nitrogens with one attached hydrogen (secondary N) is 1. The molecule has 0 aliphatic heterocycles. The Morgan fingerprint density at radius 2 is 2.05 bits per heavy atom. The Bertz CT molecular complexity index is 495. The summed E-state index contributed by atoms with van der Waals surface area (Å²) in [4.78, 5) is 15.4. The van der Waals surface area contributed by atoms with Gasteiger partial charge in [0.15, 0.2) is 6.61 Å². The molecule has 3 N–H and O–H groups in total. The van der Waals surface area contributed by atoms with Crippen molar-refractivity contribution in [1.82, 2.24) is 4.98 Å². The van der Waals surface area contributed by atoms with Crippen LogP contribution in [0.1, 0.15) is 13.8 Å². The Balaban J connectivity index is 2.58. The summed E-state index contributed by atoms with van der Waals surface area (Å²) in [5, 5.41) is 2.54. The lowest BCUT2D eigenvalue weighted by Gasteiger charge is -2.16. The number of aromatic nitrogens is 1. The Morgan fingerprint density at radius 3 is 2.50 bits per heavy atom. The van der Waals surface area contributed by atoms with Crippen LogP contribution < -0.4 is 15.8 Å². The van der Waals surface area contributed by atoms with Crippen LogP contribution in [0.5, 0.6) is 5.88 Å². The SMILES string of the molecule is CC(N)C(C)C(=O)Nc1ccc(OCC(F)(F)C(F)F)nc1. The largest absolute Gasteiger partial charge is 0.471 e. The summed E-state index contributed by atoms with van der Waals surface area (Å²) in [6.45, 7) is 1.85. The van der Waals surface area contributed by atoms with E-state index in [2.05, 4.69) is 15.0 Å². The van der Waals surface area contributed by atoms with E-state index in [-0.39, 0.29) is 17.8 Å². The van der Waals surface area contributed by atoms with Crippen molar-refractivity contribution in [3.8, 4) is 5.88 Å². The first-order valence-electron chi connectivity index (χ1n) is 6.44. The average Bonchev–Trinajstić information content (AvgIpc) is 2.45. The molecule has 1 amide bonds. The summed E-state index contributed by atoms with van der Waals surface area (Å²) >= 11 is 0. The van der Waals surface area contributed by atoms with E-state index in [1.54, 1.807) is 13.8 Å². The topological polar surface area (TPSA) is 77.2 Å². The molecule has 0 spiro atoms. The minimum absolute atomic E-state index is 0.251. The molecule has 1 aromatic heterocycles. The summed E-state index contributed by atoms with van der Waals surface area (Å²) in [7, 11) is 0. The molecular weight excluding hydrogens is 306 g/mol. The fourth-order valence-electron chi connectivity index (χ4n) is 1.27. The number of alkyl halides is 4. The molecule has 0 aliphatic rings. The minimum Gasteiger partial charge on any atom is -0.471 e. The van der Waals surface area contributed by atoms with Crippen LogP contribution >= 0.6 is 0 Å². The molecule has 22 heavy (non-hydrogen) atoms. The summed E-state index contributed by atoms with van der Waals surface area (Å²) < 4.78 is 53.8. The van der Waals surface area contributed by atoms with Gasteiger partial charge in [0.1, 0.15) is 0 Å². The number of pyridine rings is 1. The smallest absolute Gasteiger partial charge is 0.340 e. The van der Waals surface area contributed by atoms with Gasteiger partial charge >= 0.3 is 12.3 Å². The third kappa shape index (κ3) is 5.14. The predicted octanol–water partition coefficient (Wildman–Crippen LogP) is 2.28. The molecule has 0 aromatic carbocycles. The minimum atomic E-state index is -4.25. The van der Waals surface area contributed by atoms with Gasteiger partial charge in [-0.15, -0.1) is 0 Å². The van der Waals surface area contributed by atoms with E-state index >= 15 is 0 Å². The summed E-state index contributed by atoms with van der Waals surface area (Å²) in [6, 6.07) is 2.20. The fourth-order valence-corrected chi connectivity index (χ4v) is 1.27. The molecule has 0 fully saturated rings. The van der Waals surface area contributed by atoms with Crippen LogP contribution in [-0.2, 0) is 4.79 Å². The Hall–Kier alpha value is -1.90. The first-order chi connectivity index (χ1) is 10.1. The zero-order valence-corrected chi connectivity index (χ0v) is 12.0. The Kier molecular flexibility index (Phi) is 6.10. The van der Waals surface area contributed by atoms with Crippen molar-refractivity contribution in [2.45, 2.75) is 32.2 Å². The van der Waals surface area contributed by atoms with Gasteiger partial charge < -0.3 is 15.8 Å². The van der Waals surface area contributed by atoms with Gasteiger partial charge in [0.05, 0.1) is 17.8 Å². The molecule has 2 unspecified atom stereocenters. The third-order valence-electron chi connectivity index (χ3n) is 2.94. The van der Waals surface area contributed by atoms with E-state index < -0.39 is 24.9 Å². The van der Waals surface area contributed by atoms with Crippen LogP contribution in [0.2, 0.25) is 0 Å².